The van der Waals surface area contributed by atoms with Gasteiger partial charge in [0.2, 0.25) is 5.95 Å². The number of nitrogen functional groups attached to an aromatic ring is 2. The zero-order valence-corrected chi connectivity index (χ0v) is 7.46. The summed E-state index contributed by atoms with van der Waals surface area (Å²) in [5.74, 6) is -1.81. The molecule has 0 aliphatic carbocycles. The summed E-state index contributed by atoms with van der Waals surface area (Å²) in [6.07, 6.45) is 0. The molecule has 15 heavy (non-hydrogen) atoms. The number of nitrogens with one attached hydrogen (secondary N) is 1. The molecule has 0 aliphatic rings. The number of hydrogen-bond donors (Lipinski definition) is 3. The smallest absolute Gasteiger partial charge is 0.239 e. The second-order valence-electron chi connectivity index (χ2n) is 2.90. The fourth-order valence-corrected chi connectivity index (χ4v) is 1.16. The third kappa shape index (κ3) is 1.58. The van der Waals surface area contributed by atoms with Gasteiger partial charge in [-0.3, -0.25) is 5.10 Å². The van der Waals surface area contributed by atoms with E-state index in [1.54, 1.807) is 0 Å². The van der Waals surface area contributed by atoms with E-state index in [2.05, 4.69) is 15.2 Å². The maximum Gasteiger partial charge on any atom is 0.239 e. The van der Waals surface area contributed by atoms with Crippen LogP contribution in [0, 0.1) is 11.6 Å². The number of nitrogens with two attached hydrogens (primary N) is 2. The van der Waals surface area contributed by atoms with Gasteiger partial charge in [-0.15, -0.1) is 5.10 Å². The lowest BCUT2D eigenvalue weighted by Crippen LogP contribution is -1.96. The highest BCUT2D eigenvalue weighted by Gasteiger charge is 2.12. The van der Waals surface area contributed by atoms with E-state index in [0.29, 0.717) is 0 Å². The highest BCUT2D eigenvalue weighted by Crippen LogP contribution is 2.25. The number of halogens is 2. The van der Waals surface area contributed by atoms with Crippen molar-refractivity contribution < 1.29 is 8.78 Å². The SMILES string of the molecule is Nc1n[nH]c(-c2cc(F)c(F)cc2N)n1. The number of rotatable bonds is 1. The van der Waals surface area contributed by atoms with Gasteiger partial charge in [0.05, 0.1) is 0 Å². The molecule has 0 spiro atoms. The number of aromatic nitrogens is 3. The number of nitrogens with zero attached hydrogens (tertiary/aromatic N) is 2. The molecule has 1 aromatic heterocycles. The van der Waals surface area contributed by atoms with Crippen LogP contribution in [0.15, 0.2) is 12.1 Å². The van der Waals surface area contributed by atoms with Crippen LogP contribution in [0.5, 0.6) is 0 Å². The van der Waals surface area contributed by atoms with E-state index in [9.17, 15) is 8.78 Å². The largest absolute Gasteiger partial charge is 0.398 e. The lowest BCUT2D eigenvalue weighted by Gasteiger charge is -2.02. The monoisotopic (exact) mass is 211 g/mol. The van der Waals surface area contributed by atoms with Crippen molar-refractivity contribution in [3.63, 3.8) is 0 Å². The standard InChI is InChI=1S/C8H7F2N5/c9-4-1-3(6(11)2-5(4)10)7-13-8(12)15-14-7/h1-2H,11H2,(H3,12,13,14,15). The molecule has 0 bridgehead atoms. The van der Waals surface area contributed by atoms with E-state index in [1.165, 1.54) is 0 Å². The Morgan fingerprint density at radius 2 is 1.80 bits per heavy atom. The average molecular weight is 211 g/mol. The van der Waals surface area contributed by atoms with Gasteiger partial charge in [0.1, 0.15) is 0 Å². The summed E-state index contributed by atoms with van der Waals surface area (Å²) in [7, 11) is 0. The first kappa shape index (κ1) is 9.38. The molecule has 0 unspecified atom stereocenters. The van der Waals surface area contributed by atoms with E-state index in [0.717, 1.165) is 12.1 Å². The molecule has 0 fully saturated rings. The normalized spacial score (nSPS) is 10.5. The summed E-state index contributed by atoms with van der Waals surface area (Å²) >= 11 is 0. The lowest BCUT2D eigenvalue weighted by molar-refractivity contribution is 0.509. The molecular weight excluding hydrogens is 204 g/mol. The topological polar surface area (TPSA) is 93.6 Å². The Kier molecular flexibility index (Phi) is 2.00. The van der Waals surface area contributed by atoms with Gasteiger partial charge in [-0.2, -0.15) is 4.98 Å². The molecule has 2 aromatic rings. The fraction of sp³-hybridized carbons (Fsp3) is 0. The number of hydrogen-bond acceptors (Lipinski definition) is 4. The summed E-state index contributed by atoms with van der Waals surface area (Å²) in [4.78, 5) is 3.75. The first-order chi connectivity index (χ1) is 7.08. The van der Waals surface area contributed by atoms with Crippen LogP contribution in [0.2, 0.25) is 0 Å². The molecule has 1 heterocycles. The Bertz CT molecular complexity index is 508. The van der Waals surface area contributed by atoms with Gasteiger partial charge >= 0.3 is 0 Å². The van der Waals surface area contributed by atoms with Gasteiger partial charge in [0.15, 0.2) is 17.5 Å². The molecule has 1 aromatic carbocycles. The highest BCUT2D eigenvalue weighted by atomic mass is 19.2. The van der Waals surface area contributed by atoms with Crippen LogP contribution in [0.1, 0.15) is 0 Å². The molecule has 0 radical (unpaired) electrons. The van der Waals surface area contributed by atoms with Crippen molar-refractivity contribution in [1.29, 1.82) is 0 Å². The third-order valence-electron chi connectivity index (χ3n) is 1.85. The van der Waals surface area contributed by atoms with Crippen molar-refractivity contribution in [2.75, 3.05) is 11.5 Å². The summed E-state index contributed by atoms with van der Waals surface area (Å²) in [6.45, 7) is 0. The minimum Gasteiger partial charge on any atom is -0.398 e. The summed E-state index contributed by atoms with van der Waals surface area (Å²) < 4.78 is 25.7. The molecule has 78 valence electrons. The molecule has 0 amide bonds. The number of aromatic amines is 1. The quantitative estimate of drug-likeness (QED) is 0.611. The maximum atomic E-state index is 12.9. The van der Waals surface area contributed by atoms with Gasteiger partial charge < -0.3 is 11.5 Å². The Labute approximate surface area is 83.1 Å². The predicted molar refractivity (Wildman–Crippen MR) is 50.6 cm³/mol. The molecule has 0 aliphatic heterocycles. The summed E-state index contributed by atoms with van der Waals surface area (Å²) in [6, 6.07) is 1.81. The predicted octanol–water partition coefficient (Wildman–Crippen LogP) is 0.914. The van der Waals surface area contributed by atoms with E-state index in [1.807, 2.05) is 0 Å². The zero-order valence-electron chi connectivity index (χ0n) is 7.46. The number of anilines is 2. The maximum absolute atomic E-state index is 12.9. The van der Waals surface area contributed by atoms with E-state index in [-0.39, 0.29) is 23.0 Å². The molecule has 5 N–H and O–H groups in total. The van der Waals surface area contributed by atoms with Gasteiger partial charge in [0.25, 0.3) is 0 Å². The number of H-pyrrole nitrogens is 1. The Morgan fingerprint density at radius 3 is 2.40 bits per heavy atom. The van der Waals surface area contributed by atoms with Crippen LogP contribution >= 0.6 is 0 Å². The van der Waals surface area contributed by atoms with Gasteiger partial charge in [-0.1, -0.05) is 0 Å². The highest BCUT2D eigenvalue weighted by molar-refractivity contribution is 5.71. The minimum atomic E-state index is -1.01. The van der Waals surface area contributed by atoms with Crippen LogP contribution in [0.25, 0.3) is 11.4 Å². The first-order valence-corrected chi connectivity index (χ1v) is 4.00. The summed E-state index contributed by atoms with van der Waals surface area (Å²) in [5.41, 5.74) is 11.0. The van der Waals surface area contributed by atoms with E-state index < -0.39 is 11.6 Å². The van der Waals surface area contributed by atoms with Crippen LogP contribution < -0.4 is 11.5 Å². The molecule has 0 saturated heterocycles. The lowest BCUT2D eigenvalue weighted by atomic mass is 10.1. The van der Waals surface area contributed by atoms with Crippen LogP contribution in [0.3, 0.4) is 0 Å². The van der Waals surface area contributed by atoms with Crippen molar-refractivity contribution in [1.82, 2.24) is 15.2 Å². The van der Waals surface area contributed by atoms with E-state index in [4.69, 9.17) is 11.5 Å². The second kappa shape index (κ2) is 3.19. The minimum absolute atomic E-state index is 0.00846. The second-order valence-corrected chi connectivity index (χ2v) is 2.90. The molecule has 0 saturated carbocycles. The Morgan fingerprint density at radius 1 is 1.13 bits per heavy atom. The Balaban J connectivity index is 2.58. The molecule has 7 heteroatoms. The average Bonchev–Trinajstić information content (AvgIpc) is 2.58. The van der Waals surface area contributed by atoms with Gasteiger partial charge in [-0.25, -0.2) is 8.78 Å². The molecular formula is C8H7F2N5. The van der Waals surface area contributed by atoms with E-state index >= 15 is 0 Å². The van der Waals surface area contributed by atoms with Crippen LogP contribution in [-0.4, -0.2) is 15.2 Å². The third-order valence-corrected chi connectivity index (χ3v) is 1.85. The van der Waals surface area contributed by atoms with Crippen molar-refractivity contribution >= 4 is 11.6 Å². The molecule has 5 nitrogen and oxygen atoms in total. The van der Waals surface area contributed by atoms with Crippen molar-refractivity contribution in [2.45, 2.75) is 0 Å². The first-order valence-electron chi connectivity index (χ1n) is 4.00. The van der Waals surface area contributed by atoms with Crippen molar-refractivity contribution in [3.8, 4) is 11.4 Å². The van der Waals surface area contributed by atoms with Gasteiger partial charge in [-0.05, 0) is 6.07 Å². The van der Waals surface area contributed by atoms with Crippen LogP contribution in [-0.2, 0) is 0 Å². The zero-order chi connectivity index (χ0) is 11.0. The Hall–Kier alpha value is -2.18. The van der Waals surface area contributed by atoms with Crippen LogP contribution in [0.4, 0.5) is 20.4 Å². The molecule has 0 atom stereocenters. The number of benzene rings is 1. The van der Waals surface area contributed by atoms with Gasteiger partial charge in [0, 0.05) is 17.3 Å². The fourth-order valence-electron chi connectivity index (χ4n) is 1.16. The van der Waals surface area contributed by atoms with Crippen molar-refractivity contribution in [2.24, 2.45) is 0 Å². The summed E-state index contributed by atoms with van der Waals surface area (Å²) in [5, 5.41) is 6.01. The molecule has 2 rings (SSSR count). The van der Waals surface area contributed by atoms with Crippen molar-refractivity contribution in [3.05, 3.63) is 23.8 Å².